The molecule has 0 aliphatic rings. The molecule has 0 radical (unpaired) electrons. The molecule has 0 spiro atoms. The molecule has 5 N–H and O–H groups in total. The summed E-state index contributed by atoms with van der Waals surface area (Å²) in [5, 5.41) is 7.53. The third-order valence-electron chi connectivity index (χ3n) is 1.99. The van der Waals surface area contributed by atoms with Gasteiger partial charge in [0.15, 0.2) is 0 Å². The monoisotopic (exact) mass is 274 g/mol. The van der Waals surface area contributed by atoms with Crippen molar-refractivity contribution in [3.05, 3.63) is 17.8 Å². The van der Waals surface area contributed by atoms with E-state index in [9.17, 15) is 13.2 Å². The van der Waals surface area contributed by atoms with Gasteiger partial charge in [0, 0.05) is 6.54 Å². The number of esters is 1. The summed E-state index contributed by atoms with van der Waals surface area (Å²) in [6, 6.07) is 1.39. The Labute approximate surface area is 104 Å². The van der Waals surface area contributed by atoms with Gasteiger partial charge >= 0.3 is 5.97 Å². The highest BCUT2D eigenvalue weighted by Crippen LogP contribution is 2.16. The second kappa shape index (κ2) is 5.65. The fourth-order valence-electron chi connectivity index (χ4n) is 1.20. The normalized spacial score (nSPS) is 11.0. The first-order chi connectivity index (χ1) is 8.33. The zero-order valence-corrected chi connectivity index (χ0v) is 10.5. The molecule has 0 aliphatic carbocycles. The topological polar surface area (TPSA) is 137 Å². The second-order valence-electron chi connectivity index (χ2n) is 3.45. The molecule has 0 amide bonds. The molecule has 0 fully saturated rings. The highest BCUT2D eigenvalue weighted by Gasteiger charge is 2.14. The van der Waals surface area contributed by atoms with Crippen molar-refractivity contribution in [2.45, 2.75) is 0 Å². The summed E-state index contributed by atoms with van der Waals surface area (Å²) in [7, 11) is -2.35. The molecule has 0 aliphatic heterocycles. The number of anilines is 2. The highest BCUT2D eigenvalue weighted by molar-refractivity contribution is 7.89. The number of primary sulfonamides is 1. The average molecular weight is 274 g/mol. The van der Waals surface area contributed by atoms with Crippen molar-refractivity contribution in [3.8, 4) is 0 Å². The summed E-state index contributed by atoms with van der Waals surface area (Å²) in [5.74, 6) is -0.702. The Morgan fingerprint density at radius 2 is 2.22 bits per heavy atom. The van der Waals surface area contributed by atoms with Crippen molar-refractivity contribution in [1.29, 1.82) is 0 Å². The van der Waals surface area contributed by atoms with Crippen molar-refractivity contribution < 1.29 is 17.9 Å². The van der Waals surface area contributed by atoms with E-state index < -0.39 is 16.0 Å². The predicted molar refractivity (Wildman–Crippen MR) is 66.5 cm³/mol. The maximum atomic E-state index is 11.4. The SMILES string of the molecule is COC(=O)c1cc(N)cnc1NCCS(N)(=O)=O. The quantitative estimate of drug-likeness (QED) is 0.594. The molecular weight excluding hydrogens is 260 g/mol. The molecular formula is C9H14N4O4S. The lowest BCUT2D eigenvalue weighted by molar-refractivity contribution is 0.0601. The predicted octanol–water partition coefficient (Wildman–Crippen LogP) is -0.849. The number of aromatic nitrogens is 1. The Morgan fingerprint density at radius 1 is 1.56 bits per heavy atom. The number of pyridine rings is 1. The molecule has 1 rings (SSSR count). The molecule has 1 heterocycles. The number of methoxy groups -OCH3 is 1. The number of nitrogens with one attached hydrogen (secondary N) is 1. The van der Waals surface area contributed by atoms with Crippen LogP contribution in [0.5, 0.6) is 0 Å². The lowest BCUT2D eigenvalue weighted by atomic mass is 10.2. The van der Waals surface area contributed by atoms with Gasteiger partial charge in [-0.3, -0.25) is 0 Å². The van der Waals surface area contributed by atoms with Crippen molar-refractivity contribution in [1.82, 2.24) is 4.98 Å². The van der Waals surface area contributed by atoms with Crippen LogP contribution in [-0.4, -0.2) is 38.8 Å². The van der Waals surface area contributed by atoms with Gasteiger partial charge in [0.05, 0.1) is 24.7 Å². The van der Waals surface area contributed by atoms with Crippen LogP contribution in [0.25, 0.3) is 0 Å². The molecule has 0 aromatic carbocycles. The lowest BCUT2D eigenvalue weighted by Gasteiger charge is -2.09. The van der Waals surface area contributed by atoms with Crippen LogP contribution in [0.15, 0.2) is 12.3 Å². The van der Waals surface area contributed by atoms with Crippen LogP contribution in [0.4, 0.5) is 11.5 Å². The third kappa shape index (κ3) is 4.18. The maximum Gasteiger partial charge on any atom is 0.341 e. The van der Waals surface area contributed by atoms with E-state index in [2.05, 4.69) is 15.0 Å². The minimum absolute atomic E-state index is 0.0275. The molecule has 0 saturated heterocycles. The van der Waals surface area contributed by atoms with Gasteiger partial charge in [-0.1, -0.05) is 0 Å². The number of nitrogens with two attached hydrogens (primary N) is 2. The molecule has 100 valence electrons. The van der Waals surface area contributed by atoms with Crippen LogP contribution in [0, 0.1) is 0 Å². The maximum absolute atomic E-state index is 11.4. The number of carbonyl (C=O) groups is 1. The smallest absolute Gasteiger partial charge is 0.341 e. The molecule has 18 heavy (non-hydrogen) atoms. The van der Waals surface area contributed by atoms with Gasteiger partial charge in [0.25, 0.3) is 0 Å². The summed E-state index contributed by atoms with van der Waals surface area (Å²) >= 11 is 0. The van der Waals surface area contributed by atoms with E-state index >= 15 is 0 Å². The lowest BCUT2D eigenvalue weighted by Crippen LogP contribution is -2.23. The summed E-state index contributed by atoms with van der Waals surface area (Å²) in [6.07, 6.45) is 1.34. The van der Waals surface area contributed by atoms with E-state index in [1.54, 1.807) is 0 Å². The number of carbonyl (C=O) groups excluding carboxylic acids is 1. The molecule has 0 bridgehead atoms. The van der Waals surface area contributed by atoms with Crippen LogP contribution in [-0.2, 0) is 14.8 Å². The molecule has 0 atom stereocenters. The van der Waals surface area contributed by atoms with E-state index in [0.717, 1.165) is 0 Å². The molecule has 1 aromatic rings. The minimum Gasteiger partial charge on any atom is -0.465 e. The standard InChI is InChI=1S/C9H14N4O4S/c1-17-9(14)7-4-6(10)5-13-8(7)12-2-3-18(11,15)16/h4-5H,2-3,10H2,1H3,(H,12,13)(H2,11,15,16). The Hall–Kier alpha value is -1.87. The van der Waals surface area contributed by atoms with Crippen LogP contribution in [0.3, 0.4) is 0 Å². The largest absolute Gasteiger partial charge is 0.465 e. The van der Waals surface area contributed by atoms with E-state index in [1.165, 1.54) is 19.4 Å². The van der Waals surface area contributed by atoms with Crippen LogP contribution in [0.1, 0.15) is 10.4 Å². The van der Waals surface area contributed by atoms with Gasteiger partial charge in [0.2, 0.25) is 10.0 Å². The Bertz CT molecular complexity index is 543. The Kier molecular flexibility index (Phi) is 4.45. The number of ether oxygens (including phenoxy) is 1. The van der Waals surface area contributed by atoms with Gasteiger partial charge in [-0.05, 0) is 6.07 Å². The number of sulfonamides is 1. The van der Waals surface area contributed by atoms with Crippen LogP contribution >= 0.6 is 0 Å². The van der Waals surface area contributed by atoms with Crippen molar-refractivity contribution in [2.24, 2.45) is 5.14 Å². The number of nitrogens with zero attached hydrogens (tertiary/aromatic N) is 1. The number of rotatable bonds is 5. The van der Waals surface area contributed by atoms with Crippen LogP contribution < -0.4 is 16.2 Å². The molecule has 9 heteroatoms. The second-order valence-corrected chi connectivity index (χ2v) is 5.18. The first-order valence-electron chi connectivity index (χ1n) is 4.91. The number of nitrogen functional groups attached to an aromatic ring is 1. The number of hydrogen-bond donors (Lipinski definition) is 3. The minimum atomic E-state index is -3.57. The van der Waals surface area contributed by atoms with Gasteiger partial charge < -0.3 is 15.8 Å². The first kappa shape index (κ1) is 14.2. The third-order valence-corrected chi connectivity index (χ3v) is 2.77. The van der Waals surface area contributed by atoms with Crippen molar-refractivity contribution >= 4 is 27.5 Å². The average Bonchev–Trinajstić information content (AvgIpc) is 2.28. The fraction of sp³-hybridized carbons (Fsp3) is 0.333. The van der Waals surface area contributed by atoms with Gasteiger partial charge in [-0.2, -0.15) is 0 Å². The Morgan fingerprint density at radius 3 is 2.78 bits per heavy atom. The summed E-state index contributed by atoms with van der Waals surface area (Å²) in [4.78, 5) is 15.3. The van der Waals surface area contributed by atoms with Gasteiger partial charge in [0.1, 0.15) is 11.4 Å². The van der Waals surface area contributed by atoms with Gasteiger partial charge in [-0.25, -0.2) is 23.3 Å². The molecule has 8 nitrogen and oxygen atoms in total. The zero-order chi connectivity index (χ0) is 13.8. The Balaban J connectivity index is 2.85. The van der Waals surface area contributed by atoms with Crippen LogP contribution in [0.2, 0.25) is 0 Å². The van der Waals surface area contributed by atoms with Crippen molar-refractivity contribution in [2.75, 3.05) is 30.5 Å². The first-order valence-corrected chi connectivity index (χ1v) is 6.63. The summed E-state index contributed by atoms with van der Waals surface area (Å²) < 4.78 is 26.1. The van der Waals surface area contributed by atoms with E-state index in [4.69, 9.17) is 10.9 Å². The van der Waals surface area contributed by atoms with Crippen molar-refractivity contribution in [3.63, 3.8) is 0 Å². The van der Waals surface area contributed by atoms with E-state index in [-0.39, 0.29) is 23.7 Å². The van der Waals surface area contributed by atoms with Gasteiger partial charge in [-0.15, -0.1) is 0 Å². The summed E-state index contributed by atoms with van der Waals surface area (Å²) in [6.45, 7) is 0.0275. The number of hydrogen-bond acceptors (Lipinski definition) is 7. The zero-order valence-electron chi connectivity index (χ0n) is 9.71. The molecule has 0 unspecified atom stereocenters. The van der Waals surface area contributed by atoms with E-state index in [0.29, 0.717) is 5.69 Å². The highest BCUT2D eigenvalue weighted by atomic mass is 32.2. The fourth-order valence-corrected chi connectivity index (χ4v) is 1.59. The van der Waals surface area contributed by atoms with E-state index in [1.807, 2.05) is 0 Å². The summed E-state index contributed by atoms with van der Waals surface area (Å²) in [5.41, 5.74) is 5.93. The molecule has 0 saturated carbocycles. The molecule has 1 aromatic heterocycles.